The first-order valence-corrected chi connectivity index (χ1v) is 7.86. The summed E-state index contributed by atoms with van der Waals surface area (Å²) < 4.78 is 16.0. The van der Waals surface area contributed by atoms with Gasteiger partial charge in [-0.1, -0.05) is 6.07 Å². The molecule has 1 atom stereocenters. The fourth-order valence-corrected chi connectivity index (χ4v) is 2.68. The molecule has 0 unspecified atom stereocenters. The third-order valence-electron chi connectivity index (χ3n) is 3.94. The van der Waals surface area contributed by atoms with Crippen molar-refractivity contribution in [1.82, 2.24) is 10.2 Å². The highest BCUT2D eigenvalue weighted by atomic mass is 16.5. The van der Waals surface area contributed by atoms with Gasteiger partial charge in [-0.25, -0.2) is 0 Å². The van der Waals surface area contributed by atoms with E-state index in [1.165, 1.54) is 0 Å². The number of carbonyl (C=O) groups excluding carboxylic acids is 1. The van der Waals surface area contributed by atoms with Gasteiger partial charge in [-0.2, -0.15) is 0 Å². The van der Waals surface area contributed by atoms with Crippen LogP contribution in [0, 0.1) is 5.92 Å². The summed E-state index contributed by atoms with van der Waals surface area (Å²) in [6, 6.07) is 5.53. The molecule has 0 bridgehead atoms. The first-order valence-electron chi connectivity index (χ1n) is 7.86. The van der Waals surface area contributed by atoms with E-state index in [4.69, 9.17) is 14.2 Å². The van der Waals surface area contributed by atoms with Crippen LogP contribution in [0.2, 0.25) is 0 Å². The van der Waals surface area contributed by atoms with Crippen LogP contribution in [0.3, 0.4) is 0 Å². The molecule has 1 aliphatic rings. The molecule has 2 rings (SSSR count). The lowest BCUT2D eigenvalue weighted by atomic mass is 10.1. The fraction of sp³-hybridized carbons (Fsp3) is 0.588. The van der Waals surface area contributed by atoms with E-state index >= 15 is 0 Å². The van der Waals surface area contributed by atoms with Crippen LogP contribution in [0.25, 0.3) is 0 Å². The maximum Gasteiger partial charge on any atom is 0.224 e. The third-order valence-corrected chi connectivity index (χ3v) is 3.94. The molecule has 1 amide bonds. The van der Waals surface area contributed by atoms with Gasteiger partial charge in [0.1, 0.15) is 0 Å². The van der Waals surface area contributed by atoms with Crippen LogP contribution in [-0.4, -0.2) is 64.9 Å². The van der Waals surface area contributed by atoms with Crippen molar-refractivity contribution in [2.45, 2.75) is 6.42 Å². The highest BCUT2D eigenvalue weighted by Crippen LogP contribution is 2.27. The Bertz CT molecular complexity index is 521. The van der Waals surface area contributed by atoms with Crippen molar-refractivity contribution in [2.24, 2.45) is 5.92 Å². The molecule has 23 heavy (non-hydrogen) atoms. The molecule has 1 heterocycles. The maximum absolute atomic E-state index is 12.1. The van der Waals surface area contributed by atoms with Gasteiger partial charge in [0.2, 0.25) is 5.91 Å². The van der Waals surface area contributed by atoms with Crippen LogP contribution in [0.5, 0.6) is 11.5 Å². The van der Waals surface area contributed by atoms with Crippen LogP contribution < -0.4 is 14.8 Å². The molecule has 0 spiro atoms. The van der Waals surface area contributed by atoms with Gasteiger partial charge in [0.25, 0.3) is 0 Å². The topological polar surface area (TPSA) is 60.0 Å². The summed E-state index contributed by atoms with van der Waals surface area (Å²) in [5, 5.41) is 3.00. The quantitative estimate of drug-likeness (QED) is 0.845. The zero-order valence-electron chi connectivity index (χ0n) is 14.1. The van der Waals surface area contributed by atoms with Gasteiger partial charge in [-0.05, 0) is 24.7 Å². The van der Waals surface area contributed by atoms with E-state index in [1.807, 2.05) is 18.2 Å². The normalized spacial score (nSPS) is 19.0. The summed E-state index contributed by atoms with van der Waals surface area (Å²) in [5.74, 6) is 1.63. The Morgan fingerprint density at radius 2 is 2.13 bits per heavy atom. The lowest BCUT2D eigenvalue weighted by Crippen LogP contribution is -2.36. The minimum absolute atomic E-state index is 0.00381. The van der Waals surface area contributed by atoms with Crippen molar-refractivity contribution >= 4 is 5.91 Å². The molecular weight excluding hydrogens is 296 g/mol. The Labute approximate surface area is 137 Å². The van der Waals surface area contributed by atoms with Crippen molar-refractivity contribution in [3.8, 4) is 11.5 Å². The standard InChI is InChI=1S/C17H26N2O4/c1-19-6-7-23-12-14(11-19)10-18-17(20)9-13-4-5-15(21-2)16(8-13)22-3/h4-5,8,14H,6-7,9-12H2,1-3H3,(H,18,20)/t14-/m1/s1. The Morgan fingerprint density at radius 1 is 1.35 bits per heavy atom. The Balaban J connectivity index is 1.84. The van der Waals surface area contributed by atoms with Crippen LogP contribution in [0.1, 0.15) is 5.56 Å². The Kier molecular flexibility index (Phi) is 6.67. The van der Waals surface area contributed by atoms with Gasteiger partial charge in [0.05, 0.1) is 33.9 Å². The number of hydrogen-bond donors (Lipinski definition) is 1. The summed E-state index contributed by atoms with van der Waals surface area (Å²) >= 11 is 0. The molecule has 0 radical (unpaired) electrons. The molecule has 6 heteroatoms. The average Bonchev–Trinajstić information content (AvgIpc) is 2.77. The lowest BCUT2D eigenvalue weighted by molar-refractivity contribution is -0.120. The predicted octanol–water partition coefficient (Wildman–Crippen LogP) is 0.941. The Hall–Kier alpha value is -1.79. The van der Waals surface area contributed by atoms with E-state index in [9.17, 15) is 4.79 Å². The van der Waals surface area contributed by atoms with Crippen LogP contribution in [0.15, 0.2) is 18.2 Å². The van der Waals surface area contributed by atoms with Crippen LogP contribution >= 0.6 is 0 Å². The highest BCUT2D eigenvalue weighted by molar-refractivity contribution is 5.78. The van der Waals surface area contributed by atoms with E-state index in [-0.39, 0.29) is 5.91 Å². The van der Waals surface area contributed by atoms with Crippen molar-refractivity contribution in [3.63, 3.8) is 0 Å². The number of methoxy groups -OCH3 is 2. The van der Waals surface area contributed by atoms with Gasteiger partial charge in [-0.15, -0.1) is 0 Å². The smallest absolute Gasteiger partial charge is 0.224 e. The molecule has 0 saturated carbocycles. The minimum atomic E-state index is 0.00381. The van der Waals surface area contributed by atoms with Gasteiger partial charge >= 0.3 is 0 Å². The van der Waals surface area contributed by atoms with Crippen LogP contribution in [0.4, 0.5) is 0 Å². The monoisotopic (exact) mass is 322 g/mol. The van der Waals surface area contributed by atoms with E-state index in [1.54, 1.807) is 14.2 Å². The van der Waals surface area contributed by atoms with Crippen molar-refractivity contribution < 1.29 is 19.0 Å². The highest BCUT2D eigenvalue weighted by Gasteiger charge is 2.17. The van der Waals surface area contributed by atoms with Gasteiger partial charge in [-0.3, -0.25) is 4.79 Å². The SMILES string of the molecule is COc1ccc(CC(=O)NC[C@H]2COCCN(C)C2)cc1OC. The first-order chi connectivity index (χ1) is 11.1. The van der Waals surface area contributed by atoms with Crippen molar-refractivity contribution in [3.05, 3.63) is 23.8 Å². The molecule has 1 aliphatic heterocycles. The second-order valence-electron chi connectivity index (χ2n) is 5.87. The molecular formula is C17H26N2O4. The number of rotatable bonds is 6. The van der Waals surface area contributed by atoms with Gasteiger partial charge < -0.3 is 24.4 Å². The second kappa shape index (κ2) is 8.74. The van der Waals surface area contributed by atoms with Crippen molar-refractivity contribution in [1.29, 1.82) is 0 Å². The maximum atomic E-state index is 12.1. The molecule has 0 aliphatic carbocycles. The number of carbonyl (C=O) groups is 1. The molecule has 128 valence electrons. The predicted molar refractivity (Wildman–Crippen MR) is 88.1 cm³/mol. The van der Waals surface area contributed by atoms with Gasteiger partial charge in [0.15, 0.2) is 11.5 Å². The minimum Gasteiger partial charge on any atom is -0.493 e. The number of nitrogens with zero attached hydrogens (tertiary/aromatic N) is 1. The van der Waals surface area contributed by atoms with Crippen molar-refractivity contribution in [2.75, 3.05) is 54.1 Å². The largest absolute Gasteiger partial charge is 0.493 e. The van der Waals surface area contributed by atoms with E-state index < -0.39 is 0 Å². The molecule has 1 aromatic rings. The number of ether oxygens (including phenoxy) is 3. The van der Waals surface area contributed by atoms with Gasteiger partial charge in [0, 0.05) is 25.6 Å². The number of benzene rings is 1. The third kappa shape index (κ3) is 5.41. The number of hydrogen-bond acceptors (Lipinski definition) is 5. The summed E-state index contributed by atoms with van der Waals surface area (Å²) in [4.78, 5) is 14.4. The van der Waals surface area contributed by atoms with E-state index in [2.05, 4.69) is 17.3 Å². The Morgan fingerprint density at radius 3 is 2.87 bits per heavy atom. The molecule has 1 saturated heterocycles. The molecule has 1 fully saturated rings. The molecule has 0 aromatic heterocycles. The first kappa shape index (κ1) is 17.6. The lowest BCUT2D eigenvalue weighted by Gasteiger charge is -2.19. The fourth-order valence-electron chi connectivity index (χ4n) is 2.68. The average molecular weight is 322 g/mol. The summed E-state index contributed by atoms with van der Waals surface area (Å²) in [7, 11) is 5.26. The van der Waals surface area contributed by atoms with E-state index in [0.29, 0.717) is 37.0 Å². The van der Waals surface area contributed by atoms with E-state index in [0.717, 1.165) is 25.3 Å². The molecule has 6 nitrogen and oxygen atoms in total. The second-order valence-corrected chi connectivity index (χ2v) is 5.87. The number of amides is 1. The number of likely N-dealkylation sites (N-methyl/N-ethyl adjacent to an activating group) is 1. The molecule has 1 aromatic carbocycles. The zero-order valence-corrected chi connectivity index (χ0v) is 14.1. The molecule has 1 N–H and O–H groups in total. The summed E-state index contributed by atoms with van der Waals surface area (Å²) in [6.45, 7) is 3.97. The number of nitrogens with one attached hydrogen (secondary N) is 1. The summed E-state index contributed by atoms with van der Waals surface area (Å²) in [5.41, 5.74) is 0.898. The van der Waals surface area contributed by atoms with Crippen LogP contribution in [-0.2, 0) is 16.0 Å². The zero-order chi connectivity index (χ0) is 16.7. The summed E-state index contributed by atoms with van der Waals surface area (Å²) in [6.07, 6.45) is 0.323.